The highest BCUT2D eigenvalue weighted by Gasteiger charge is 2.32. The molecule has 10 nitrogen and oxygen atoms in total. The van der Waals surface area contributed by atoms with E-state index in [1.54, 1.807) is 0 Å². The number of imidazole rings is 1. The zero-order valence-corrected chi connectivity index (χ0v) is 21.2. The number of rotatable bonds is 5. The van der Waals surface area contributed by atoms with E-state index in [9.17, 15) is 0 Å². The Bertz CT molecular complexity index is 1420. The number of para-hydroxylation sites is 1. The molecule has 0 saturated carbocycles. The molecule has 192 valence electrons. The first-order chi connectivity index (χ1) is 18.2. The van der Waals surface area contributed by atoms with E-state index in [1.807, 2.05) is 25.1 Å². The van der Waals surface area contributed by atoms with Gasteiger partial charge in [-0.2, -0.15) is 0 Å². The Morgan fingerprint density at radius 1 is 0.865 bits per heavy atom. The lowest BCUT2D eigenvalue weighted by Crippen LogP contribution is -2.60. The van der Waals surface area contributed by atoms with E-state index in [4.69, 9.17) is 29.4 Å². The van der Waals surface area contributed by atoms with Crippen molar-refractivity contribution in [2.24, 2.45) is 0 Å². The number of aromatic amines is 1. The molecule has 0 atom stereocenters. The Balaban J connectivity index is 1.21. The molecule has 1 N–H and O–H groups in total. The van der Waals surface area contributed by atoms with Crippen LogP contribution in [-0.2, 0) is 16.0 Å². The third-order valence-corrected chi connectivity index (χ3v) is 7.65. The van der Waals surface area contributed by atoms with Gasteiger partial charge in [-0.25, -0.2) is 19.9 Å². The number of pyridine rings is 1. The summed E-state index contributed by atoms with van der Waals surface area (Å²) in [6.07, 6.45) is 0. The van der Waals surface area contributed by atoms with Gasteiger partial charge in [0.05, 0.1) is 48.7 Å². The van der Waals surface area contributed by atoms with Gasteiger partial charge < -0.3 is 19.4 Å². The van der Waals surface area contributed by atoms with E-state index in [-0.39, 0.29) is 0 Å². The van der Waals surface area contributed by atoms with Gasteiger partial charge in [0.15, 0.2) is 11.6 Å². The minimum absolute atomic E-state index is 0.632. The number of nitrogens with zero attached hydrogens (tertiary/aromatic N) is 7. The monoisotopic (exact) mass is 500 g/mol. The summed E-state index contributed by atoms with van der Waals surface area (Å²) < 4.78 is 11.1. The fraction of sp³-hybridized carbons (Fsp3) is 0.481. The number of fused-ring (bicyclic) bond motifs is 2. The van der Waals surface area contributed by atoms with Crippen molar-refractivity contribution in [2.45, 2.75) is 19.5 Å². The van der Waals surface area contributed by atoms with Crippen LogP contribution in [0.3, 0.4) is 0 Å². The molecule has 3 fully saturated rings. The van der Waals surface area contributed by atoms with Crippen molar-refractivity contribution in [3.63, 3.8) is 0 Å². The fourth-order valence-electron chi connectivity index (χ4n) is 5.65. The normalized spacial score (nSPS) is 20.1. The fourth-order valence-corrected chi connectivity index (χ4v) is 5.65. The van der Waals surface area contributed by atoms with Gasteiger partial charge in [-0.1, -0.05) is 6.07 Å². The summed E-state index contributed by atoms with van der Waals surface area (Å²) in [5.74, 6) is 2.44. The van der Waals surface area contributed by atoms with Gasteiger partial charge in [-0.05, 0) is 31.2 Å². The van der Waals surface area contributed by atoms with Crippen molar-refractivity contribution in [3.05, 3.63) is 41.9 Å². The second kappa shape index (κ2) is 9.60. The molecule has 1 aromatic carbocycles. The van der Waals surface area contributed by atoms with Gasteiger partial charge in [0.2, 0.25) is 0 Å². The molecule has 4 aromatic rings. The molecule has 0 bridgehead atoms. The molecule has 6 heterocycles. The Labute approximate surface area is 215 Å². The molecule has 10 heteroatoms. The maximum Gasteiger partial charge on any atom is 0.164 e. The number of H-pyrrole nitrogens is 1. The number of benzene rings is 1. The Hall–Kier alpha value is -3.18. The second-order valence-electron chi connectivity index (χ2n) is 10.2. The molecule has 3 saturated heterocycles. The molecule has 0 aliphatic carbocycles. The van der Waals surface area contributed by atoms with Gasteiger partial charge in [0.1, 0.15) is 11.3 Å². The van der Waals surface area contributed by atoms with Crippen LogP contribution in [0.2, 0.25) is 0 Å². The van der Waals surface area contributed by atoms with Crippen molar-refractivity contribution >= 4 is 27.9 Å². The number of ether oxygens (including phenoxy) is 2. The van der Waals surface area contributed by atoms with Gasteiger partial charge in [0.25, 0.3) is 0 Å². The predicted octanol–water partition coefficient (Wildman–Crippen LogP) is 2.23. The summed E-state index contributed by atoms with van der Waals surface area (Å²) in [4.78, 5) is 30.5. The molecule has 3 aliphatic rings. The predicted molar refractivity (Wildman–Crippen MR) is 142 cm³/mol. The maximum atomic E-state index is 5.63. The highest BCUT2D eigenvalue weighted by Crippen LogP contribution is 2.31. The number of hydrogen-bond donors (Lipinski definition) is 1. The Morgan fingerprint density at radius 3 is 2.46 bits per heavy atom. The van der Waals surface area contributed by atoms with Crippen LogP contribution in [0.1, 0.15) is 11.5 Å². The van der Waals surface area contributed by atoms with E-state index in [0.717, 1.165) is 104 Å². The topological polar surface area (TPSA) is 95.5 Å². The van der Waals surface area contributed by atoms with Crippen molar-refractivity contribution in [1.29, 1.82) is 0 Å². The van der Waals surface area contributed by atoms with Crippen LogP contribution in [0.4, 0.5) is 5.82 Å². The first-order valence-electron chi connectivity index (χ1n) is 13.2. The first-order valence-corrected chi connectivity index (χ1v) is 13.2. The number of aromatic nitrogens is 5. The van der Waals surface area contributed by atoms with Crippen LogP contribution in [0.25, 0.3) is 33.5 Å². The summed E-state index contributed by atoms with van der Waals surface area (Å²) in [7, 11) is 0. The highest BCUT2D eigenvalue weighted by atomic mass is 16.5. The van der Waals surface area contributed by atoms with E-state index in [2.05, 4.69) is 31.8 Å². The quantitative estimate of drug-likeness (QED) is 0.443. The third-order valence-electron chi connectivity index (χ3n) is 7.65. The SMILES string of the molecule is Cc1nc2c(-c3nc(N4CCOCC4)c4nc(CN5CC(N6CCOCC6)C5)ccc4n3)cccc2[nH]1. The summed E-state index contributed by atoms with van der Waals surface area (Å²) in [5.41, 5.74) is 5.59. The Kier molecular flexibility index (Phi) is 5.96. The second-order valence-corrected chi connectivity index (χ2v) is 10.2. The Morgan fingerprint density at radius 2 is 1.65 bits per heavy atom. The van der Waals surface area contributed by atoms with Crippen LogP contribution in [0, 0.1) is 6.92 Å². The van der Waals surface area contributed by atoms with Crippen molar-refractivity contribution < 1.29 is 9.47 Å². The van der Waals surface area contributed by atoms with Crippen molar-refractivity contribution in [2.75, 3.05) is 70.6 Å². The summed E-state index contributed by atoms with van der Waals surface area (Å²) >= 11 is 0. The largest absolute Gasteiger partial charge is 0.379 e. The van der Waals surface area contributed by atoms with Crippen molar-refractivity contribution in [1.82, 2.24) is 34.7 Å². The van der Waals surface area contributed by atoms with E-state index >= 15 is 0 Å². The average Bonchev–Trinajstić information content (AvgIpc) is 3.31. The zero-order chi connectivity index (χ0) is 24.8. The summed E-state index contributed by atoms with van der Waals surface area (Å²) in [6.45, 7) is 11.7. The van der Waals surface area contributed by atoms with Gasteiger partial charge >= 0.3 is 0 Å². The lowest BCUT2D eigenvalue weighted by atomic mass is 10.1. The minimum atomic E-state index is 0.632. The standard InChI is InChI=1S/C27H32N8O2/c1-18-28-22-4-2-3-21(24(22)29-18)26-31-23-6-5-19(15-33-16-20(17-33)34-7-11-36-12-8-34)30-25(23)27(32-26)35-9-13-37-14-10-35/h2-6,20H,7-17H2,1H3,(H,28,29). The molecular formula is C27H32N8O2. The number of hydrogen-bond acceptors (Lipinski definition) is 9. The molecule has 3 aliphatic heterocycles. The van der Waals surface area contributed by atoms with Crippen LogP contribution < -0.4 is 4.90 Å². The van der Waals surface area contributed by atoms with Crippen molar-refractivity contribution in [3.8, 4) is 11.4 Å². The smallest absolute Gasteiger partial charge is 0.164 e. The molecule has 0 unspecified atom stereocenters. The highest BCUT2D eigenvalue weighted by molar-refractivity contribution is 5.93. The first kappa shape index (κ1) is 23.0. The number of nitrogens with one attached hydrogen (secondary N) is 1. The van der Waals surface area contributed by atoms with Gasteiger partial charge in [0, 0.05) is 57.4 Å². The molecule has 37 heavy (non-hydrogen) atoms. The van der Waals surface area contributed by atoms with Crippen LogP contribution >= 0.6 is 0 Å². The maximum absolute atomic E-state index is 5.63. The molecular weight excluding hydrogens is 468 g/mol. The average molecular weight is 501 g/mol. The molecule has 7 rings (SSSR count). The van der Waals surface area contributed by atoms with Crippen LogP contribution in [0.15, 0.2) is 30.3 Å². The minimum Gasteiger partial charge on any atom is -0.379 e. The van der Waals surface area contributed by atoms with E-state index in [1.165, 1.54) is 0 Å². The third kappa shape index (κ3) is 4.44. The number of aryl methyl sites for hydroxylation is 1. The van der Waals surface area contributed by atoms with Crippen LogP contribution in [0.5, 0.6) is 0 Å². The van der Waals surface area contributed by atoms with Gasteiger partial charge in [-0.15, -0.1) is 0 Å². The summed E-state index contributed by atoms with van der Waals surface area (Å²) in [5, 5.41) is 0. The van der Waals surface area contributed by atoms with E-state index < -0.39 is 0 Å². The summed E-state index contributed by atoms with van der Waals surface area (Å²) in [6, 6.07) is 11.0. The van der Waals surface area contributed by atoms with E-state index in [0.29, 0.717) is 25.1 Å². The lowest BCUT2D eigenvalue weighted by Gasteiger charge is -2.46. The number of anilines is 1. The molecule has 0 amide bonds. The lowest BCUT2D eigenvalue weighted by molar-refractivity contribution is -0.0347. The number of likely N-dealkylation sites (tertiary alicyclic amines) is 1. The number of morpholine rings is 2. The molecule has 0 radical (unpaired) electrons. The molecule has 3 aromatic heterocycles. The van der Waals surface area contributed by atoms with Gasteiger partial charge in [-0.3, -0.25) is 9.80 Å². The zero-order valence-electron chi connectivity index (χ0n) is 21.2. The van der Waals surface area contributed by atoms with Crippen LogP contribution in [-0.4, -0.2) is 106 Å². The molecule has 0 spiro atoms.